The van der Waals surface area contributed by atoms with E-state index in [0.717, 1.165) is 0 Å². The van der Waals surface area contributed by atoms with Gasteiger partial charge in [0.15, 0.2) is 0 Å². The maximum atomic E-state index is 2.25. The van der Waals surface area contributed by atoms with Crippen molar-refractivity contribution in [3.05, 3.63) is 0 Å². The largest absolute Gasteiger partial charge is 0.0654 e. The van der Waals surface area contributed by atoms with E-state index in [1.807, 2.05) is 0 Å². The molecule has 0 unspecified atom stereocenters. The van der Waals surface area contributed by atoms with Crippen molar-refractivity contribution in [2.75, 3.05) is 0 Å². The van der Waals surface area contributed by atoms with Crippen molar-refractivity contribution in [3.63, 3.8) is 0 Å². The summed E-state index contributed by atoms with van der Waals surface area (Å²) in [5.41, 5.74) is 0. The van der Waals surface area contributed by atoms with Gasteiger partial charge in [-0.2, -0.15) is 0 Å². The van der Waals surface area contributed by atoms with E-state index in [9.17, 15) is 0 Å². The maximum Gasteiger partial charge on any atom is 0 e. The maximum absolute atomic E-state index is 2.25. The summed E-state index contributed by atoms with van der Waals surface area (Å²) in [7, 11) is 0. The Labute approximate surface area is 68.6 Å². The van der Waals surface area contributed by atoms with Crippen LogP contribution in [-0.2, 0) is 22.4 Å². The van der Waals surface area contributed by atoms with Crippen molar-refractivity contribution in [2.24, 2.45) is 0 Å². The Morgan fingerprint density at radius 3 is 1.38 bits per heavy atom. The minimum absolute atomic E-state index is 0. The van der Waals surface area contributed by atoms with Crippen LogP contribution in [0.25, 0.3) is 0 Å². The van der Waals surface area contributed by atoms with Crippen molar-refractivity contribution < 1.29 is 22.4 Å². The van der Waals surface area contributed by atoms with E-state index >= 15 is 0 Å². The number of hydrogen-bond donors (Lipinski definition) is 0. The van der Waals surface area contributed by atoms with Gasteiger partial charge in [-0.1, -0.05) is 46.0 Å². The predicted molar refractivity (Wildman–Crippen MR) is 34.4 cm³/mol. The molecule has 0 N–H and O–H groups in total. The van der Waals surface area contributed by atoms with Gasteiger partial charge in [0, 0.05) is 22.4 Å². The molecule has 0 aliphatic heterocycles. The van der Waals surface area contributed by atoms with Gasteiger partial charge in [-0.05, 0) is 0 Å². The Hall–Kier alpha value is 0.740. The first-order valence-electron chi connectivity index (χ1n) is 3.41. The van der Waals surface area contributed by atoms with E-state index in [0.29, 0.717) is 0 Å². The summed E-state index contributed by atoms with van der Waals surface area (Å²) < 4.78 is 0. The van der Waals surface area contributed by atoms with Gasteiger partial charge in [0.2, 0.25) is 0 Å². The molecule has 0 spiro atoms. The molecule has 1 heteroatoms. The van der Waals surface area contributed by atoms with Crippen molar-refractivity contribution in [2.45, 2.75) is 46.0 Å². The van der Waals surface area contributed by atoms with Gasteiger partial charge in [-0.15, -0.1) is 0 Å². The van der Waals surface area contributed by atoms with Crippen LogP contribution < -0.4 is 0 Å². The summed E-state index contributed by atoms with van der Waals surface area (Å²) in [6.07, 6.45) is 7.01. The van der Waals surface area contributed by atoms with Crippen molar-refractivity contribution in [1.82, 2.24) is 0 Å². The molecule has 0 aliphatic carbocycles. The molecule has 8 heavy (non-hydrogen) atoms. The molecule has 0 saturated carbocycles. The van der Waals surface area contributed by atoms with Gasteiger partial charge in [0.25, 0.3) is 0 Å². The van der Waals surface area contributed by atoms with Crippen LogP contribution in [0.1, 0.15) is 46.0 Å². The number of unbranched alkanes of at least 4 members (excludes halogenated alkanes) is 4. The van der Waals surface area contributed by atoms with E-state index in [1.54, 1.807) is 0 Å². The van der Waals surface area contributed by atoms with Gasteiger partial charge in [-0.25, -0.2) is 0 Å². The van der Waals surface area contributed by atoms with Gasteiger partial charge in [0.1, 0.15) is 0 Å². The minimum atomic E-state index is 0. The molecule has 0 bridgehead atoms. The quantitative estimate of drug-likeness (QED) is 0.553. The molecule has 0 amide bonds. The third-order valence-corrected chi connectivity index (χ3v) is 1.21. The fraction of sp³-hybridized carbons (Fsp3) is 1.00. The zero-order valence-corrected chi connectivity index (χ0v) is 8.00. The first-order valence-corrected chi connectivity index (χ1v) is 3.41. The first kappa shape index (κ1) is 11.5. The van der Waals surface area contributed by atoms with Crippen molar-refractivity contribution in [1.29, 1.82) is 0 Å². The molecular formula is C7H16Au. The fourth-order valence-corrected chi connectivity index (χ4v) is 0.677. The molecule has 0 fully saturated rings. The number of rotatable bonds is 4. The second-order valence-corrected chi connectivity index (χ2v) is 2.06. The Kier molecular flexibility index (Phi) is 15.4. The Balaban J connectivity index is 0. The summed E-state index contributed by atoms with van der Waals surface area (Å²) in [4.78, 5) is 0. The Bertz CT molecular complexity index is 23.6. The van der Waals surface area contributed by atoms with Crippen LogP contribution >= 0.6 is 0 Å². The summed E-state index contributed by atoms with van der Waals surface area (Å²) in [5.74, 6) is 0. The third kappa shape index (κ3) is 9.88. The van der Waals surface area contributed by atoms with Crippen LogP contribution in [0.4, 0.5) is 0 Å². The Morgan fingerprint density at radius 1 is 0.750 bits per heavy atom. The molecule has 0 heterocycles. The predicted octanol–water partition coefficient (Wildman–Crippen LogP) is 2.97. The Morgan fingerprint density at radius 2 is 1.12 bits per heavy atom. The zero-order chi connectivity index (χ0) is 5.54. The fourth-order valence-electron chi connectivity index (χ4n) is 0.677. The van der Waals surface area contributed by atoms with Gasteiger partial charge in [0.05, 0.1) is 0 Å². The monoisotopic (exact) mass is 297 g/mol. The van der Waals surface area contributed by atoms with E-state index in [1.165, 1.54) is 32.1 Å². The molecule has 0 aromatic heterocycles. The summed E-state index contributed by atoms with van der Waals surface area (Å²) >= 11 is 0. The van der Waals surface area contributed by atoms with E-state index in [-0.39, 0.29) is 22.4 Å². The topological polar surface area (TPSA) is 0 Å². The van der Waals surface area contributed by atoms with Crippen LogP contribution in [-0.4, -0.2) is 0 Å². The minimum Gasteiger partial charge on any atom is -0.0654 e. The van der Waals surface area contributed by atoms with Crippen molar-refractivity contribution >= 4 is 0 Å². The van der Waals surface area contributed by atoms with Gasteiger partial charge >= 0.3 is 0 Å². The van der Waals surface area contributed by atoms with Crippen LogP contribution in [0.3, 0.4) is 0 Å². The van der Waals surface area contributed by atoms with Crippen LogP contribution in [0.15, 0.2) is 0 Å². The zero-order valence-electron chi connectivity index (χ0n) is 5.84. The summed E-state index contributed by atoms with van der Waals surface area (Å²) in [6, 6.07) is 0. The molecule has 0 aromatic rings. The molecule has 0 aromatic carbocycles. The van der Waals surface area contributed by atoms with Crippen molar-refractivity contribution in [3.8, 4) is 0 Å². The average Bonchev–Trinajstić information content (AvgIpc) is 1.69. The van der Waals surface area contributed by atoms with E-state index < -0.39 is 0 Å². The molecule has 0 saturated heterocycles. The second kappa shape index (κ2) is 10.7. The third-order valence-electron chi connectivity index (χ3n) is 1.21. The van der Waals surface area contributed by atoms with E-state index in [2.05, 4.69) is 13.8 Å². The standard InChI is InChI=1S/C7H16.Au/c1-3-5-7-6-4-2;/h3-7H2,1-2H3;. The first-order chi connectivity index (χ1) is 3.41. The molecule has 0 aliphatic rings. The van der Waals surface area contributed by atoms with Crippen LogP contribution in [0.5, 0.6) is 0 Å². The molecule has 0 rings (SSSR count). The van der Waals surface area contributed by atoms with Gasteiger partial charge in [-0.3, -0.25) is 0 Å². The second-order valence-electron chi connectivity index (χ2n) is 2.06. The SMILES string of the molecule is CCCCCCC.[Au]. The molecule has 55 valence electrons. The summed E-state index contributed by atoms with van der Waals surface area (Å²) in [6.45, 7) is 4.49. The molecule has 0 nitrogen and oxygen atoms in total. The molecule has 0 atom stereocenters. The molecule has 1 radical (unpaired) electrons. The van der Waals surface area contributed by atoms with E-state index in [4.69, 9.17) is 0 Å². The van der Waals surface area contributed by atoms with Crippen LogP contribution in [0.2, 0.25) is 0 Å². The summed E-state index contributed by atoms with van der Waals surface area (Å²) in [5, 5.41) is 0. The smallest absolute Gasteiger partial charge is 0 e. The van der Waals surface area contributed by atoms with Gasteiger partial charge < -0.3 is 0 Å². The average molecular weight is 297 g/mol. The molecular weight excluding hydrogens is 281 g/mol. The normalized spacial score (nSPS) is 8.25. The van der Waals surface area contributed by atoms with Crippen LogP contribution in [0, 0.1) is 0 Å². The number of hydrogen-bond acceptors (Lipinski definition) is 0.